The van der Waals surface area contributed by atoms with Gasteiger partial charge in [0, 0.05) is 19.3 Å². The molecule has 0 N–H and O–H groups in total. The van der Waals surface area contributed by atoms with E-state index in [0.717, 1.165) is 31.6 Å². The molecule has 3 heteroatoms. The van der Waals surface area contributed by atoms with Crippen molar-refractivity contribution in [2.24, 2.45) is 34.5 Å². The third kappa shape index (κ3) is 2.37. The first-order valence-corrected chi connectivity index (χ1v) is 10.0. The van der Waals surface area contributed by atoms with Crippen molar-refractivity contribution in [3.63, 3.8) is 0 Å². The molecular weight excluding hydrogens is 300 g/mol. The largest absolute Gasteiger partial charge is 0.463 e. The Labute approximate surface area is 145 Å². The second kappa shape index (κ2) is 5.57. The molecule has 0 aliphatic heterocycles. The Balaban J connectivity index is 1.59. The van der Waals surface area contributed by atoms with Gasteiger partial charge in [-0.1, -0.05) is 20.3 Å². The van der Waals surface area contributed by atoms with Gasteiger partial charge in [0.2, 0.25) is 0 Å². The summed E-state index contributed by atoms with van der Waals surface area (Å²) >= 11 is 0. The van der Waals surface area contributed by atoms with Crippen molar-refractivity contribution in [3.8, 4) is 0 Å². The van der Waals surface area contributed by atoms with Crippen LogP contribution in [0.15, 0.2) is 0 Å². The summed E-state index contributed by atoms with van der Waals surface area (Å²) in [6.45, 7) is 6.35. The first kappa shape index (κ1) is 16.6. The highest BCUT2D eigenvalue weighted by atomic mass is 16.5. The Hall–Kier alpha value is -0.860. The Morgan fingerprint density at radius 3 is 2.62 bits per heavy atom. The number of esters is 1. The Kier molecular flexibility index (Phi) is 3.85. The van der Waals surface area contributed by atoms with Gasteiger partial charge in [-0.3, -0.25) is 9.59 Å². The number of carbonyl (C=O) groups excluding carboxylic acids is 2. The summed E-state index contributed by atoms with van der Waals surface area (Å²) in [5, 5.41) is 0. The molecule has 0 spiro atoms. The highest BCUT2D eigenvalue weighted by Gasteiger charge is 2.60. The molecule has 0 amide bonds. The lowest BCUT2D eigenvalue weighted by Crippen LogP contribution is -2.56. The van der Waals surface area contributed by atoms with Crippen LogP contribution < -0.4 is 0 Å². The fourth-order valence-corrected chi connectivity index (χ4v) is 7.34. The quantitative estimate of drug-likeness (QED) is 0.663. The molecule has 24 heavy (non-hydrogen) atoms. The van der Waals surface area contributed by atoms with Crippen LogP contribution in [0.5, 0.6) is 0 Å². The van der Waals surface area contributed by atoms with E-state index in [1.807, 2.05) is 0 Å². The topological polar surface area (TPSA) is 43.4 Å². The van der Waals surface area contributed by atoms with Gasteiger partial charge in [0.15, 0.2) is 0 Å². The van der Waals surface area contributed by atoms with Crippen molar-refractivity contribution in [3.05, 3.63) is 0 Å². The summed E-state index contributed by atoms with van der Waals surface area (Å²) in [5.41, 5.74) is 0.639. The smallest absolute Gasteiger partial charge is 0.302 e. The maximum Gasteiger partial charge on any atom is 0.302 e. The fourth-order valence-electron chi connectivity index (χ4n) is 7.34. The number of fused-ring (bicyclic) bond motifs is 5. The third-order valence-corrected chi connectivity index (χ3v) is 8.52. The second-order valence-electron chi connectivity index (χ2n) is 9.70. The van der Waals surface area contributed by atoms with Crippen LogP contribution in [0.2, 0.25) is 0 Å². The first-order chi connectivity index (χ1) is 11.3. The van der Waals surface area contributed by atoms with Crippen LogP contribution in [-0.2, 0) is 14.3 Å². The van der Waals surface area contributed by atoms with Crippen molar-refractivity contribution in [2.45, 2.75) is 84.7 Å². The molecule has 0 radical (unpaired) electrons. The zero-order valence-electron chi connectivity index (χ0n) is 15.5. The molecule has 3 nitrogen and oxygen atoms in total. The predicted octanol–water partition coefficient (Wildman–Crippen LogP) is 4.53. The average Bonchev–Trinajstić information content (AvgIpc) is 2.90. The molecule has 7 unspecified atom stereocenters. The van der Waals surface area contributed by atoms with E-state index in [1.165, 1.54) is 39.0 Å². The van der Waals surface area contributed by atoms with Crippen molar-refractivity contribution >= 4 is 11.8 Å². The zero-order valence-corrected chi connectivity index (χ0v) is 15.5. The van der Waals surface area contributed by atoms with E-state index >= 15 is 0 Å². The van der Waals surface area contributed by atoms with Crippen LogP contribution in [-0.4, -0.2) is 17.9 Å². The van der Waals surface area contributed by atoms with E-state index in [9.17, 15) is 9.59 Å². The minimum Gasteiger partial charge on any atom is -0.463 e. The molecule has 4 rings (SSSR count). The molecule has 4 fully saturated rings. The Bertz CT molecular complexity index is 555. The SMILES string of the molecule is CC(=O)OC1CCC2(C)C(C1)C(=O)CC1C3CCCC3(C)CCC12. The van der Waals surface area contributed by atoms with Crippen molar-refractivity contribution in [1.82, 2.24) is 0 Å². The van der Waals surface area contributed by atoms with Gasteiger partial charge in [0.05, 0.1) is 0 Å². The van der Waals surface area contributed by atoms with Crippen molar-refractivity contribution in [1.29, 1.82) is 0 Å². The van der Waals surface area contributed by atoms with Gasteiger partial charge >= 0.3 is 5.97 Å². The van der Waals surface area contributed by atoms with Gasteiger partial charge < -0.3 is 4.74 Å². The van der Waals surface area contributed by atoms with Crippen LogP contribution in [0, 0.1) is 34.5 Å². The number of hydrogen-bond acceptors (Lipinski definition) is 3. The molecule has 134 valence electrons. The number of ketones is 1. The van der Waals surface area contributed by atoms with Gasteiger partial charge in [-0.2, -0.15) is 0 Å². The second-order valence-corrected chi connectivity index (χ2v) is 9.70. The van der Waals surface area contributed by atoms with E-state index in [1.54, 1.807) is 0 Å². The van der Waals surface area contributed by atoms with Gasteiger partial charge in [0.25, 0.3) is 0 Å². The highest BCUT2D eigenvalue weighted by Crippen LogP contribution is 2.65. The number of carbonyl (C=O) groups is 2. The lowest BCUT2D eigenvalue weighted by atomic mass is 9.45. The van der Waals surface area contributed by atoms with Crippen LogP contribution in [0.1, 0.15) is 78.6 Å². The number of hydrogen-bond donors (Lipinski definition) is 0. The summed E-state index contributed by atoms with van der Waals surface area (Å²) in [4.78, 5) is 24.4. The van der Waals surface area contributed by atoms with Crippen LogP contribution >= 0.6 is 0 Å². The summed E-state index contributed by atoms with van der Waals surface area (Å²) in [5.74, 6) is 2.46. The average molecular weight is 332 g/mol. The third-order valence-electron chi connectivity index (χ3n) is 8.52. The summed E-state index contributed by atoms with van der Waals surface area (Å²) in [6.07, 6.45) is 10.2. The molecular formula is C21H32O3. The van der Waals surface area contributed by atoms with Crippen LogP contribution in [0.4, 0.5) is 0 Å². The first-order valence-electron chi connectivity index (χ1n) is 10.0. The Morgan fingerprint density at radius 1 is 1.08 bits per heavy atom. The molecule has 4 aliphatic carbocycles. The lowest BCUT2D eigenvalue weighted by Gasteiger charge is -2.59. The number of Topliss-reactive ketones (excluding diaryl/α,β-unsaturated/α-hetero) is 1. The molecule has 0 aromatic heterocycles. The van der Waals surface area contributed by atoms with E-state index in [-0.39, 0.29) is 23.4 Å². The molecule has 4 aliphatic rings. The maximum absolute atomic E-state index is 13.1. The normalized spacial score (nSPS) is 50.6. The zero-order chi connectivity index (χ0) is 17.1. The van der Waals surface area contributed by atoms with E-state index < -0.39 is 0 Å². The Morgan fingerprint density at radius 2 is 1.88 bits per heavy atom. The summed E-state index contributed by atoms with van der Waals surface area (Å²) in [7, 11) is 0. The lowest BCUT2D eigenvalue weighted by molar-refractivity contribution is -0.167. The van der Waals surface area contributed by atoms with E-state index in [2.05, 4.69) is 13.8 Å². The van der Waals surface area contributed by atoms with Gasteiger partial charge in [-0.15, -0.1) is 0 Å². The van der Waals surface area contributed by atoms with Crippen LogP contribution in [0.3, 0.4) is 0 Å². The maximum atomic E-state index is 13.1. The van der Waals surface area contributed by atoms with Gasteiger partial charge in [-0.05, 0) is 73.5 Å². The molecule has 0 aromatic carbocycles. The molecule has 0 heterocycles. The predicted molar refractivity (Wildman–Crippen MR) is 92.3 cm³/mol. The molecule has 0 aromatic rings. The fraction of sp³-hybridized carbons (Fsp3) is 0.905. The van der Waals surface area contributed by atoms with Crippen molar-refractivity contribution < 1.29 is 14.3 Å². The highest BCUT2D eigenvalue weighted by molar-refractivity contribution is 5.83. The number of ether oxygens (including phenoxy) is 1. The van der Waals surface area contributed by atoms with E-state index in [0.29, 0.717) is 23.0 Å². The molecule has 4 saturated carbocycles. The van der Waals surface area contributed by atoms with Gasteiger partial charge in [0.1, 0.15) is 11.9 Å². The molecule has 0 saturated heterocycles. The standard InChI is InChI=1S/C21H32O3/c1-13(22)24-14-6-10-21(3)17-7-9-20(2)8-4-5-16(20)15(17)12-19(23)18(21)11-14/h14-18H,4-12H2,1-3H3. The van der Waals surface area contributed by atoms with Gasteiger partial charge in [-0.25, -0.2) is 0 Å². The monoisotopic (exact) mass is 332 g/mol. The van der Waals surface area contributed by atoms with Crippen LogP contribution in [0.25, 0.3) is 0 Å². The van der Waals surface area contributed by atoms with E-state index in [4.69, 9.17) is 4.74 Å². The minimum atomic E-state index is -0.205. The molecule has 7 atom stereocenters. The summed E-state index contributed by atoms with van der Waals surface area (Å²) in [6, 6.07) is 0. The molecule has 0 bridgehead atoms. The summed E-state index contributed by atoms with van der Waals surface area (Å²) < 4.78 is 5.46. The van der Waals surface area contributed by atoms with Crippen molar-refractivity contribution in [2.75, 3.05) is 0 Å². The number of rotatable bonds is 1. The minimum absolute atomic E-state index is 0.0404.